The van der Waals surface area contributed by atoms with E-state index in [0.29, 0.717) is 11.5 Å². The van der Waals surface area contributed by atoms with Crippen LogP contribution in [0.1, 0.15) is 5.56 Å². The Morgan fingerprint density at radius 2 is 1.75 bits per heavy atom. The summed E-state index contributed by atoms with van der Waals surface area (Å²) in [6.45, 7) is 0.437. The molecule has 0 radical (unpaired) electrons. The Kier molecular flexibility index (Phi) is 6.65. The fourth-order valence-corrected chi connectivity index (χ4v) is 5.03. The predicted molar refractivity (Wildman–Crippen MR) is 115 cm³/mol. The van der Waals surface area contributed by atoms with E-state index in [4.69, 9.17) is 14.2 Å². The van der Waals surface area contributed by atoms with Crippen molar-refractivity contribution in [3.05, 3.63) is 52.5 Å². The van der Waals surface area contributed by atoms with Crippen LogP contribution in [0.3, 0.4) is 0 Å². The molecule has 2 aliphatic rings. The number of nitrogens with one attached hydrogen (secondary N) is 2. The number of amides is 2. The summed E-state index contributed by atoms with van der Waals surface area (Å²) in [7, 11) is -3.81. The molecule has 0 unspecified atom stereocenters. The minimum absolute atomic E-state index is 0.115. The first kappa shape index (κ1) is 22.5. The van der Waals surface area contributed by atoms with Crippen molar-refractivity contribution in [2.24, 2.45) is 0 Å². The number of hydrogen-bond donors (Lipinski definition) is 2. The van der Waals surface area contributed by atoms with Crippen LogP contribution in [-0.4, -0.2) is 57.3 Å². The number of ether oxygens (including phenoxy) is 3. The molecule has 12 heteroatoms. The molecule has 170 valence electrons. The SMILES string of the molecule is O=C(NCc1ccc2c(c1)OCO2)C(=O)NC[C@H]1OCCN1S(=O)(=O)c1ccc(Br)cc1. The zero-order valence-electron chi connectivity index (χ0n) is 16.7. The Labute approximate surface area is 193 Å². The summed E-state index contributed by atoms with van der Waals surface area (Å²) >= 11 is 3.27. The van der Waals surface area contributed by atoms with Gasteiger partial charge in [-0.2, -0.15) is 4.31 Å². The summed E-state index contributed by atoms with van der Waals surface area (Å²) < 4.78 is 43.7. The average molecular weight is 526 g/mol. The number of nitrogens with zero attached hydrogens (tertiary/aromatic N) is 1. The van der Waals surface area contributed by atoms with Crippen LogP contribution < -0.4 is 20.1 Å². The van der Waals surface area contributed by atoms with Crippen LogP contribution in [-0.2, 0) is 30.9 Å². The summed E-state index contributed by atoms with van der Waals surface area (Å²) in [5.74, 6) is -0.533. The van der Waals surface area contributed by atoms with Gasteiger partial charge in [0.15, 0.2) is 11.5 Å². The van der Waals surface area contributed by atoms with Gasteiger partial charge in [0.2, 0.25) is 16.8 Å². The van der Waals surface area contributed by atoms with Gasteiger partial charge in [0.1, 0.15) is 6.23 Å². The summed E-state index contributed by atoms with van der Waals surface area (Å²) in [6, 6.07) is 11.4. The van der Waals surface area contributed by atoms with E-state index in [1.807, 2.05) is 0 Å². The van der Waals surface area contributed by atoms with Crippen molar-refractivity contribution in [2.75, 3.05) is 26.5 Å². The second-order valence-electron chi connectivity index (χ2n) is 6.98. The zero-order valence-corrected chi connectivity index (χ0v) is 19.1. The zero-order chi connectivity index (χ0) is 22.7. The molecule has 1 fully saturated rings. The highest BCUT2D eigenvalue weighted by Crippen LogP contribution is 2.32. The van der Waals surface area contributed by atoms with Crippen LogP contribution in [0.4, 0.5) is 0 Å². The Bertz CT molecular complexity index is 1120. The average Bonchev–Trinajstić information content (AvgIpc) is 3.45. The highest BCUT2D eigenvalue weighted by molar-refractivity contribution is 9.10. The van der Waals surface area contributed by atoms with Crippen LogP contribution in [0.5, 0.6) is 11.5 Å². The van der Waals surface area contributed by atoms with Gasteiger partial charge >= 0.3 is 11.8 Å². The Balaban J connectivity index is 1.30. The Morgan fingerprint density at radius 3 is 2.53 bits per heavy atom. The smallest absolute Gasteiger partial charge is 0.309 e. The summed E-state index contributed by atoms with van der Waals surface area (Å²) in [5, 5.41) is 4.94. The fourth-order valence-electron chi connectivity index (χ4n) is 3.26. The number of rotatable bonds is 6. The Hall–Kier alpha value is -2.67. The topological polar surface area (TPSA) is 123 Å². The third kappa shape index (κ3) is 4.88. The van der Waals surface area contributed by atoms with Gasteiger partial charge in [-0.25, -0.2) is 8.42 Å². The lowest BCUT2D eigenvalue weighted by atomic mass is 10.2. The lowest BCUT2D eigenvalue weighted by Gasteiger charge is -2.22. The van der Waals surface area contributed by atoms with Crippen LogP contribution >= 0.6 is 15.9 Å². The maximum absolute atomic E-state index is 12.9. The molecule has 2 aromatic carbocycles. The van der Waals surface area contributed by atoms with Crippen LogP contribution in [0.15, 0.2) is 51.8 Å². The van der Waals surface area contributed by atoms with Crippen molar-refractivity contribution in [3.8, 4) is 11.5 Å². The van der Waals surface area contributed by atoms with E-state index in [-0.39, 0.29) is 37.9 Å². The lowest BCUT2D eigenvalue weighted by molar-refractivity contribution is -0.139. The third-order valence-electron chi connectivity index (χ3n) is 4.90. The van der Waals surface area contributed by atoms with Gasteiger partial charge < -0.3 is 24.8 Å². The fraction of sp³-hybridized carbons (Fsp3) is 0.300. The molecule has 0 aliphatic carbocycles. The molecule has 10 nitrogen and oxygen atoms in total. The molecular formula is C20H20BrN3O7S. The number of hydrogen-bond acceptors (Lipinski definition) is 7. The van der Waals surface area contributed by atoms with E-state index in [1.165, 1.54) is 16.4 Å². The van der Waals surface area contributed by atoms with Crippen molar-refractivity contribution in [1.29, 1.82) is 0 Å². The van der Waals surface area contributed by atoms with E-state index < -0.39 is 28.1 Å². The molecule has 2 aliphatic heterocycles. The molecule has 1 saturated heterocycles. The van der Waals surface area contributed by atoms with E-state index in [9.17, 15) is 18.0 Å². The first-order valence-electron chi connectivity index (χ1n) is 9.68. The van der Waals surface area contributed by atoms with E-state index in [2.05, 4.69) is 26.6 Å². The van der Waals surface area contributed by atoms with Gasteiger partial charge in [-0.15, -0.1) is 0 Å². The van der Waals surface area contributed by atoms with Crippen molar-refractivity contribution in [3.63, 3.8) is 0 Å². The summed E-state index contributed by atoms with van der Waals surface area (Å²) in [4.78, 5) is 24.4. The molecule has 32 heavy (non-hydrogen) atoms. The van der Waals surface area contributed by atoms with Crippen LogP contribution in [0.25, 0.3) is 0 Å². The number of sulfonamides is 1. The van der Waals surface area contributed by atoms with Crippen molar-refractivity contribution >= 4 is 37.8 Å². The molecule has 0 bridgehead atoms. The van der Waals surface area contributed by atoms with Crippen LogP contribution in [0, 0.1) is 0 Å². The molecular weight excluding hydrogens is 506 g/mol. The summed E-state index contributed by atoms with van der Waals surface area (Å²) in [6.07, 6.45) is -0.908. The van der Waals surface area contributed by atoms with Crippen molar-refractivity contribution < 1.29 is 32.2 Å². The van der Waals surface area contributed by atoms with E-state index >= 15 is 0 Å². The first-order chi connectivity index (χ1) is 15.3. The number of fused-ring (bicyclic) bond motifs is 1. The van der Waals surface area contributed by atoms with Crippen molar-refractivity contribution in [1.82, 2.24) is 14.9 Å². The van der Waals surface area contributed by atoms with Crippen LogP contribution in [0.2, 0.25) is 0 Å². The highest BCUT2D eigenvalue weighted by atomic mass is 79.9. The molecule has 2 amide bonds. The van der Waals surface area contributed by atoms with Gasteiger partial charge in [-0.3, -0.25) is 9.59 Å². The second kappa shape index (κ2) is 9.45. The van der Waals surface area contributed by atoms with Gasteiger partial charge in [-0.05, 0) is 42.0 Å². The number of benzene rings is 2. The highest BCUT2D eigenvalue weighted by Gasteiger charge is 2.36. The predicted octanol–water partition coefficient (Wildman–Crippen LogP) is 0.957. The van der Waals surface area contributed by atoms with Gasteiger partial charge in [-0.1, -0.05) is 22.0 Å². The molecule has 0 saturated carbocycles. The maximum Gasteiger partial charge on any atom is 0.309 e. The van der Waals surface area contributed by atoms with Gasteiger partial charge in [0.25, 0.3) is 0 Å². The molecule has 0 spiro atoms. The standard InChI is InChI=1S/C20H20BrN3O7S/c21-14-2-4-15(5-3-14)32(27,28)24-7-8-29-18(24)11-23-20(26)19(25)22-10-13-1-6-16-17(9-13)31-12-30-16/h1-6,9,18H,7-8,10-12H2,(H,22,25)(H,23,26)/t18-/m1/s1. The molecule has 2 heterocycles. The first-order valence-corrected chi connectivity index (χ1v) is 11.9. The van der Waals surface area contributed by atoms with Gasteiger partial charge in [0.05, 0.1) is 18.0 Å². The normalized spacial score (nSPS) is 17.8. The Morgan fingerprint density at radius 1 is 1.03 bits per heavy atom. The monoisotopic (exact) mass is 525 g/mol. The van der Waals surface area contributed by atoms with E-state index in [0.717, 1.165) is 10.0 Å². The lowest BCUT2D eigenvalue weighted by Crippen LogP contribution is -2.47. The number of halogens is 1. The maximum atomic E-state index is 12.9. The van der Waals surface area contributed by atoms with Gasteiger partial charge in [0, 0.05) is 17.6 Å². The molecule has 4 rings (SSSR count). The summed E-state index contributed by atoms with van der Waals surface area (Å²) in [5.41, 5.74) is 0.737. The molecule has 1 atom stereocenters. The molecule has 2 aromatic rings. The number of carbonyl (C=O) groups is 2. The number of carbonyl (C=O) groups excluding carboxylic acids is 2. The minimum Gasteiger partial charge on any atom is -0.454 e. The molecule has 2 N–H and O–H groups in total. The minimum atomic E-state index is -3.81. The van der Waals surface area contributed by atoms with Crippen molar-refractivity contribution in [2.45, 2.75) is 17.7 Å². The van der Waals surface area contributed by atoms with E-state index in [1.54, 1.807) is 30.3 Å². The largest absolute Gasteiger partial charge is 0.454 e. The second-order valence-corrected chi connectivity index (χ2v) is 9.78. The quantitative estimate of drug-likeness (QED) is 0.538. The molecule has 0 aromatic heterocycles. The third-order valence-corrected chi connectivity index (χ3v) is 7.33.